The molecule has 0 radical (unpaired) electrons. The first-order chi connectivity index (χ1) is 8.27. The van der Waals surface area contributed by atoms with Crippen LogP contribution in [0.25, 0.3) is 0 Å². The Morgan fingerprint density at radius 3 is 2.94 bits per heavy atom. The fourth-order valence-electron chi connectivity index (χ4n) is 1.18. The Balaban J connectivity index is 1.99. The van der Waals surface area contributed by atoms with Crippen LogP contribution in [-0.2, 0) is 0 Å². The van der Waals surface area contributed by atoms with E-state index >= 15 is 0 Å². The Morgan fingerprint density at radius 2 is 2.24 bits per heavy atom. The lowest BCUT2D eigenvalue weighted by atomic mass is 10.2. The minimum atomic E-state index is -0.315. The third-order valence-corrected chi connectivity index (χ3v) is 3.00. The molecule has 2 aromatic rings. The second-order valence-electron chi connectivity index (χ2n) is 3.19. The van der Waals surface area contributed by atoms with Gasteiger partial charge in [-0.1, -0.05) is 18.2 Å². The molecule has 0 aliphatic rings. The summed E-state index contributed by atoms with van der Waals surface area (Å²) in [5.41, 5.74) is 3.75. The zero-order valence-electron chi connectivity index (χ0n) is 8.72. The number of rotatable bonds is 3. The molecular weight excluding hydrogens is 331 g/mol. The Labute approximate surface area is 111 Å². The van der Waals surface area contributed by atoms with E-state index in [4.69, 9.17) is 0 Å². The van der Waals surface area contributed by atoms with Gasteiger partial charge in [-0.05, 0) is 34.7 Å². The van der Waals surface area contributed by atoms with E-state index < -0.39 is 0 Å². The highest BCUT2D eigenvalue weighted by Gasteiger charge is 2.03. The zero-order valence-corrected chi connectivity index (χ0v) is 10.9. The van der Waals surface area contributed by atoms with Crippen molar-refractivity contribution in [3.05, 3.63) is 51.4 Å². The number of aromatic nitrogens is 2. The van der Waals surface area contributed by atoms with Crippen molar-refractivity contribution in [2.24, 2.45) is 5.10 Å². The van der Waals surface area contributed by atoms with Gasteiger partial charge in [0.15, 0.2) is 0 Å². The van der Waals surface area contributed by atoms with Crippen LogP contribution in [0.3, 0.4) is 0 Å². The number of H-pyrrole nitrogens is 1. The second kappa shape index (κ2) is 5.58. The number of benzene rings is 1. The maximum Gasteiger partial charge on any atom is 0.289 e. The van der Waals surface area contributed by atoms with Gasteiger partial charge in [-0.3, -0.25) is 9.89 Å². The number of aromatic amines is 1. The summed E-state index contributed by atoms with van der Waals surface area (Å²) in [7, 11) is 0. The van der Waals surface area contributed by atoms with Crippen molar-refractivity contribution in [2.75, 3.05) is 0 Å². The first kappa shape index (κ1) is 11.8. The summed E-state index contributed by atoms with van der Waals surface area (Å²) in [6.07, 6.45) is 3.12. The highest BCUT2D eigenvalue weighted by Crippen LogP contribution is 2.08. The van der Waals surface area contributed by atoms with Crippen LogP contribution in [-0.4, -0.2) is 22.3 Å². The SMILES string of the molecule is O=C(NN=Cc1ccccc1I)c1ccn[nH]1. The van der Waals surface area contributed by atoms with Crippen LogP contribution in [0.1, 0.15) is 16.1 Å². The van der Waals surface area contributed by atoms with Crippen molar-refractivity contribution in [2.45, 2.75) is 0 Å². The highest BCUT2D eigenvalue weighted by molar-refractivity contribution is 14.1. The molecule has 1 aromatic heterocycles. The molecule has 0 atom stereocenters. The highest BCUT2D eigenvalue weighted by atomic mass is 127. The number of carbonyl (C=O) groups excluding carboxylic acids is 1. The van der Waals surface area contributed by atoms with E-state index in [1.807, 2.05) is 24.3 Å². The summed E-state index contributed by atoms with van der Waals surface area (Å²) in [6, 6.07) is 9.34. The Morgan fingerprint density at radius 1 is 1.41 bits per heavy atom. The van der Waals surface area contributed by atoms with E-state index in [-0.39, 0.29) is 5.91 Å². The van der Waals surface area contributed by atoms with Gasteiger partial charge in [0.2, 0.25) is 0 Å². The van der Waals surface area contributed by atoms with E-state index in [1.165, 1.54) is 6.20 Å². The molecule has 0 unspecified atom stereocenters. The summed E-state index contributed by atoms with van der Waals surface area (Å²) in [5.74, 6) is -0.315. The van der Waals surface area contributed by atoms with Crippen LogP contribution >= 0.6 is 22.6 Å². The number of carbonyl (C=O) groups is 1. The molecule has 0 aliphatic heterocycles. The number of nitrogens with zero attached hydrogens (tertiary/aromatic N) is 2. The second-order valence-corrected chi connectivity index (χ2v) is 4.35. The summed E-state index contributed by atoms with van der Waals surface area (Å²) < 4.78 is 1.07. The number of halogens is 1. The molecule has 86 valence electrons. The number of nitrogens with one attached hydrogen (secondary N) is 2. The first-order valence-corrected chi connectivity index (χ1v) is 5.92. The van der Waals surface area contributed by atoms with Crippen molar-refractivity contribution in [1.82, 2.24) is 15.6 Å². The van der Waals surface area contributed by atoms with Gasteiger partial charge >= 0.3 is 0 Å². The molecule has 0 spiro atoms. The van der Waals surface area contributed by atoms with Gasteiger partial charge in [-0.15, -0.1) is 0 Å². The lowest BCUT2D eigenvalue weighted by Crippen LogP contribution is -2.18. The molecule has 1 amide bonds. The van der Waals surface area contributed by atoms with Gasteiger partial charge in [0.05, 0.1) is 6.21 Å². The van der Waals surface area contributed by atoms with E-state index in [1.54, 1.807) is 12.3 Å². The molecule has 0 aliphatic carbocycles. The van der Waals surface area contributed by atoms with Crippen molar-refractivity contribution in [3.63, 3.8) is 0 Å². The number of hydrogen-bond donors (Lipinski definition) is 2. The van der Waals surface area contributed by atoms with Crippen molar-refractivity contribution in [1.29, 1.82) is 0 Å². The molecule has 6 heteroatoms. The average molecular weight is 340 g/mol. The zero-order chi connectivity index (χ0) is 12.1. The minimum absolute atomic E-state index is 0.315. The van der Waals surface area contributed by atoms with E-state index in [9.17, 15) is 4.79 Å². The topological polar surface area (TPSA) is 70.1 Å². The van der Waals surface area contributed by atoms with Crippen molar-refractivity contribution in [3.8, 4) is 0 Å². The number of hydrogen-bond acceptors (Lipinski definition) is 3. The van der Waals surface area contributed by atoms with Gasteiger partial charge in [-0.25, -0.2) is 5.43 Å². The third kappa shape index (κ3) is 3.13. The quantitative estimate of drug-likeness (QED) is 0.508. The van der Waals surface area contributed by atoms with Gasteiger partial charge < -0.3 is 0 Å². The Kier molecular flexibility index (Phi) is 3.86. The van der Waals surface area contributed by atoms with Gasteiger partial charge in [0.1, 0.15) is 5.69 Å². The smallest absolute Gasteiger partial charge is 0.273 e. The van der Waals surface area contributed by atoms with E-state index in [0.717, 1.165) is 9.13 Å². The van der Waals surface area contributed by atoms with Gasteiger partial charge in [0.25, 0.3) is 5.91 Å². The van der Waals surface area contributed by atoms with Crippen LogP contribution in [0.5, 0.6) is 0 Å². The molecule has 1 aromatic carbocycles. The summed E-state index contributed by atoms with van der Waals surface area (Å²) in [4.78, 5) is 11.5. The van der Waals surface area contributed by atoms with Crippen LogP contribution in [0.15, 0.2) is 41.6 Å². The number of hydrazone groups is 1. The summed E-state index contributed by atoms with van der Waals surface area (Å²) in [6.45, 7) is 0. The fraction of sp³-hybridized carbons (Fsp3) is 0. The predicted octanol–water partition coefficient (Wildman–Crippen LogP) is 1.78. The fourth-order valence-corrected chi connectivity index (χ4v) is 1.71. The normalized spacial score (nSPS) is 10.6. The lowest BCUT2D eigenvalue weighted by molar-refractivity contribution is 0.0950. The minimum Gasteiger partial charge on any atom is -0.273 e. The molecule has 2 N–H and O–H groups in total. The maximum absolute atomic E-state index is 11.5. The third-order valence-electron chi connectivity index (χ3n) is 2.02. The van der Waals surface area contributed by atoms with Gasteiger partial charge in [0, 0.05) is 15.3 Å². The Bertz CT molecular complexity index is 536. The molecular formula is C11H9IN4O. The largest absolute Gasteiger partial charge is 0.289 e. The average Bonchev–Trinajstić information content (AvgIpc) is 2.85. The molecule has 0 saturated heterocycles. The molecule has 2 rings (SSSR count). The van der Waals surface area contributed by atoms with E-state index in [2.05, 4.69) is 43.3 Å². The van der Waals surface area contributed by atoms with E-state index in [0.29, 0.717) is 5.69 Å². The monoisotopic (exact) mass is 340 g/mol. The number of amides is 1. The predicted molar refractivity (Wildman–Crippen MR) is 72.8 cm³/mol. The summed E-state index contributed by atoms with van der Waals surface area (Å²) in [5, 5.41) is 10.1. The molecule has 0 fully saturated rings. The van der Waals surface area contributed by atoms with Crippen molar-refractivity contribution < 1.29 is 4.79 Å². The molecule has 17 heavy (non-hydrogen) atoms. The standard InChI is InChI=1S/C11H9IN4O/c12-9-4-2-1-3-8(9)7-14-16-11(17)10-5-6-13-15-10/h1-7H,(H,13,15)(H,16,17). The molecule has 0 saturated carbocycles. The molecule has 5 nitrogen and oxygen atoms in total. The van der Waals surface area contributed by atoms with Gasteiger partial charge in [-0.2, -0.15) is 10.2 Å². The van der Waals surface area contributed by atoms with Crippen molar-refractivity contribution >= 4 is 34.7 Å². The lowest BCUT2D eigenvalue weighted by Gasteiger charge is -1.97. The first-order valence-electron chi connectivity index (χ1n) is 4.84. The van der Waals surface area contributed by atoms with Crippen LogP contribution in [0.4, 0.5) is 0 Å². The summed E-state index contributed by atoms with van der Waals surface area (Å²) >= 11 is 2.21. The molecule has 0 bridgehead atoms. The van der Waals surface area contributed by atoms with Crippen LogP contribution < -0.4 is 5.43 Å². The van der Waals surface area contributed by atoms with Crippen LogP contribution in [0, 0.1) is 3.57 Å². The van der Waals surface area contributed by atoms with Crippen LogP contribution in [0.2, 0.25) is 0 Å². The Hall–Kier alpha value is -1.70. The molecule has 1 heterocycles. The maximum atomic E-state index is 11.5.